The normalized spacial score (nSPS) is 15.2. The van der Waals surface area contributed by atoms with Crippen molar-refractivity contribution in [3.05, 3.63) is 65.0 Å². The second-order valence-corrected chi connectivity index (χ2v) is 7.33. The molecular weight excluding hydrogens is 411 g/mol. The molecule has 0 saturated carbocycles. The number of hydrogen-bond acceptors (Lipinski definition) is 5. The van der Waals surface area contributed by atoms with E-state index >= 15 is 0 Å². The van der Waals surface area contributed by atoms with Crippen LogP contribution in [0.25, 0.3) is 11.0 Å². The van der Waals surface area contributed by atoms with Crippen LogP contribution in [0.1, 0.15) is 40.0 Å². The van der Waals surface area contributed by atoms with E-state index in [-0.39, 0.29) is 29.5 Å². The number of fused-ring (bicyclic) bond motifs is 1. The molecule has 1 aliphatic heterocycles. The number of carbonyl (C=O) groups is 1. The van der Waals surface area contributed by atoms with Gasteiger partial charge in [0.05, 0.1) is 30.0 Å². The molecule has 0 radical (unpaired) electrons. The van der Waals surface area contributed by atoms with E-state index < -0.39 is 17.6 Å². The van der Waals surface area contributed by atoms with E-state index in [1.165, 1.54) is 6.07 Å². The molecule has 2 aromatic heterocycles. The molecule has 3 aromatic rings. The fraction of sp³-hybridized carbons (Fsp3) is 0.318. The molecule has 4 rings (SSSR count). The van der Waals surface area contributed by atoms with Gasteiger partial charge in [-0.2, -0.15) is 13.2 Å². The second-order valence-electron chi connectivity index (χ2n) is 7.33. The minimum atomic E-state index is -4.60. The van der Waals surface area contributed by atoms with Gasteiger partial charge >= 0.3 is 6.18 Å². The molecule has 1 aliphatic rings. The summed E-state index contributed by atoms with van der Waals surface area (Å²) in [5.74, 6) is -0.921. The van der Waals surface area contributed by atoms with Crippen molar-refractivity contribution in [2.45, 2.75) is 31.5 Å². The predicted octanol–water partition coefficient (Wildman–Crippen LogP) is 3.90. The van der Waals surface area contributed by atoms with Crippen LogP contribution in [0.2, 0.25) is 0 Å². The fourth-order valence-corrected chi connectivity index (χ4v) is 3.57. The van der Waals surface area contributed by atoms with Crippen LogP contribution >= 0.6 is 0 Å². The fourth-order valence-electron chi connectivity index (χ4n) is 3.57. The highest BCUT2D eigenvalue weighted by Crippen LogP contribution is 2.38. The van der Waals surface area contributed by atoms with Gasteiger partial charge in [-0.25, -0.2) is 9.97 Å². The van der Waals surface area contributed by atoms with E-state index in [0.29, 0.717) is 42.7 Å². The van der Waals surface area contributed by atoms with Gasteiger partial charge in [0.25, 0.3) is 5.91 Å². The van der Waals surface area contributed by atoms with Gasteiger partial charge in [-0.1, -0.05) is 6.07 Å². The number of ether oxygens (including phenoxy) is 2. The van der Waals surface area contributed by atoms with Gasteiger partial charge in [0.2, 0.25) is 0 Å². The number of nitrogens with zero attached hydrogens (tertiary/aromatic N) is 2. The third-order valence-corrected chi connectivity index (χ3v) is 5.12. The van der Waals surface area contributed by atoms with Crippen molar-refractivity contribution in [2.75, 3.05) is 13.2 Å². The van der Waals surface area contributed by atoms with Gasteiger partial charge in [0.1, 0.15) is 11.9 Å². The van der Waals surface area contributed by atoms with Crippen molar-refractivity contribution in [3.63, 3.8) is 0 Å². The summed E-state index contributed by atoms with van der Waals surface area (Å²) in [6.07, 6.45) is -2.31. The first-order valence-corrected chi connectivity index (χ1v) is 9.80. The molecule has 2 N–H and O–H groups in total. The summed E-state index contributed by atoms with van der Waals surface area (Å²) in [4.78, 5) is 20.4. The Morgan fingerprint density at radius 3 is 2.68 bits per heavy atom. The van der Waals surface area contributed by atoms with Crippen LogP contribution in [-0.2, 0) is 17.3 Å². The number of hydrogen-bond donors (Lipinski definition) is 1. The van der Waals surface area contributed by atoms with E-state index in [9.17, 15) is 18.0 Å². The van der Waals surface area contributed by atoms with E-state index in [2.05, 4.69) is 9.97 Å². The van der Waals surface area contributed by atoms with Crippen LogP contribution in [-0.4, -0.2) is 35.2 Å². The molecular formula is C22H20F3N3O3. The zero-order valence-corrected chi connectivity index (χ0v) is 16.5. The molecule has 0 aliphatic carbocycles. The molecule has 0 atom stereocenters. The minimum absolute atomic E-state index is 0.00852. The first kappa shape index (κ1) is 21.0. The summed E-state index contributed by atoms with van der Waals surface area (Å²) >= 11 is 0. The average Bonchev–Trinajstić information content (AvgIpc) is 2.74. The van der Waals surface area contributed by atoms with Gasteiger partial charge in [0, 0.05) is 30.8 Å². The Bertz CT molecular complexity index is 1110. The number of benzene rings is 1. The number of primary amides is 1. The molecule has 0 unspecified atom stereocenters. The third kappa shape index (κ3) is 4.77. The Morgan fingerprint density at radius 2 is 1.97 bits per heavy atom. The zero-order valence-electron chi connectivity index (χ0n) is 16.5. The lowest BCUT2D eigenvalue weighted by molar-refractivity contribution is -0.139. The van der Waals surface area contributed by atoms with Crippen molar-refractivity contribution >= 4 is 16.9 Å². The lowest BCUT2D eigenvalue weighted by Crippen LogP contribution is -2.27. The highest BCUT2D eigenvalue weighted by atomic mass is 19.4. The van der Waals surface area contributed by atoms with Gasteiger partial charge < -0.3 is 15.2 Å². The summed E-state index contributed by atoms with van der Waals surface area (Å²) in [5, 5.41) is 0.622. The molecule has 0 bridgehead atoms. The highest BCUT2D eigenvalue weighted by Gasteiger charge is 2.35. The van der Waals surface area contributed by atoms with E-state index in [1.54, 1.807) is 30.5 Å². The van der Waals surface area contributed by atoms with Gasteiger partial charge in [-0.15, -0.1) is 0 Å². The van der Waals surface area contributed by atoms with Gasteiger partial charge in [-0.05, 0) is 35.9 Å². The minimum Gasteiger partial charge on any atom is -0.490 e. The monoisotopic (exact) mass is 431 g/mol. The Kier molecular flexibility index (Phi) is 5.77. The molecule has 162 valence electrons. The lowest BCUT2D eigenvalue weighted by atomic mass is 10.0. The van der Waals surface area contributed by atoms with Gasteiger partial charge in [0.15, 0.2) is 5.65 Å². The van der Waals surface area contributed by atoms with Crippen LogP contribution < -0.4 is 10.5 Å². The van der Waals surface area contributed by atoms with Crippen molar-refractivity contribution in [1.82, 2.24) is 9.97 Å². The molecule has 31 heavy (non-hydrogen) atoms. The largest absolute Gasteiger partial charge is 0.490 e. The summed E-state index contributed by atoms with van der Waals surface area (Å²) in [6, 6.07) is 8.87. The summed E-state index contributed by atoms with van der Waals surface area (Å²) in [6.45, 7) is 0.920. The molecule has 1 aromatic carbocycles. The highest BCUT2D eigenvalue weighted by molar-refractivity contribution is 5.97. The molecule has 1 fully saturated rings. The van der Waals surface area contributed by atoms with E-state index in [0.717, 1.165) is 6.07 Å². The number of amides is 1. The maximum atomic E-state index is 13.7. The molecule has 1 amide bonds. The average molecular weight is 431 g/mol. The third-order valence-electron chi connectivity index (χ3n) is 5.12. The number of alkyl halides is 3. The molecule has 9 heteroatoms. The molecule has 3 heterocycles. The number of rotatable bonds is 5. The zero-order chi connectivity index (χ0) is 22.0. The standard InChI is InChI=1S/C22H20F3N3O3/c23-22(24,25)17-10-13(3-4-19(17)31-15-5-8-30-9-6-15)11-18-16(20(26)29)12-14-2-1-7-27-21(14)28-18/h1-4,7,10,12,15H,5-6,8-9,11H2,(H2,26,29). The Hall–Kier alpha value is -3.20. The number of pyridine rings is 2. The van der Waals surface area contributed by atoms with E-state index in [1.807, 2.05) is 0 Å². The lowest BCUT2D eigenvalue weighted by Gasteiger charge is -2.25. The molecule has 1 saturated heterocycles. The molecule has 0 spiro atoms. The maximum absolute atomic E-state index is 13.7. The van der Waals surface area contributed by atoms with Crippen LogP contribution in [0.4, 0.5) is 13.2 Å². The number of halogens is 3. The topological polar surface area (TPSA) is 87.3 Å². The summed E-state index contributed by atoms with van der Waals surface area (Å²) in [5.41, 5.74) is 5.75. The SMILES string of the molecule is NC(=O)c1cc2cccnc2nc1Cc1ccc(OC2CCOCC2)c(C(F)(F)F)c1. The smallest absolute Gasteiger partial charge is 0.419 e. The quantitative estimate of drug-likeness (QED) is 0.662. The van der Waals surface area contributed by atoms with Crippen LogP contribution in [0.3, 0.4) is 0 Å². The first-order chi connectivity index (χ1) is 14.8. The number of nitrogens with two attached hydrogens (primary N) is 1. The van der Waals surface area contributed by atoms with Crippen molar-refractivity contribution in [2.24, 2.45) is 5.73 Å². The maximum Gasteiger partial charge on any atom is 0.419 e. The Labute approximate surface area is 176 Å². The first-order valence-electron chi connectivity index (χ1n) is 9.80. The number of aromatic nitrogens is 2. The van der Waals surface area contributed by atoms with Gasteiger partial charge in [-0.3, -0.25) is 4.79 Å². The number of carbonyl (C=O) groups excluding carboxylic acids is 1. The molecule has 6 nitrogen and oxygen atoms in total. The summed E-state index contributed by atoms with van der Waals surface area (Å²) in [7, 11) is 0. The van der Waals surface area contributed by atoms with Crippen LogP contribution in [0.5, 0.6) is 5.75 Å². The van der Waals surface area contributed by atoms with Crippen LogP contribution in [0, 0.1) is 0 Å². The van der Waals surface area contributed by atoms with E-state index in [4.69, 9.17) is 15.2 Å². The van der Waals surface area contributed by atoms with Crippen molar-refractivity contribution in [1.29, 1.82) is 0 Å². The summed E-state index contributed by atoms with van der Waals surface area (Å²) < 4.78 is 52.1. The predicted molar refractivity (Wildman–Crippen MR) is 107 cm³/mol. The van der Waals surface area contributed by atoms with Crippen LogP contribution in [0.15, 0.2) is 42.6 Å². The Morgan fingerprint density at radius 1 is 1.19 bits per heavy atom. The Balaban J connectivity index is 1.68. The second kappa shape index (κ2) is 8.50. The van der Waals surface area contributed by atoms with Crippen molar-refractivity contribution in [3.8, 4) is 5.75 Å². The van der Waals surface area contributed by atoms with Crippen molar-refractivity contribution < 1.29 is 27.4 Å².